The van der Waals surface area contributed by atoms with Crippen molar-refractivity contribution in [3.63, 3.8) is 0 Å². The van der Waals surface area contributed by atoms with Gasteiger partial charge in [0.2, 0.25) is 0 Å². The van der Waals surface area contributed by atoms with E-state index in [9.17, 15) is 9.59 Å². The normalized spacial score (nSPS) is 10.4. The molecule has 0 N–H and O–H groups in total. The van der Waals surface area contributed by atoms with Crippen LogP contribution in [0.3, 0.4) is 0 Å². The van der Waals surface area contributed by atoms with E-state index >= 15 is 0 Å². The summed E-state index contributed by atoms with van der Waals surface area (Å²) in [5.74, 6) is -0.104. The molecule has 0 aromatic heterocycles. The lowest BCUT2D eigenvalue weighted by Gasteiger charge is -2.11. The van der Waals surface area contributed by atoms with Gasteiger partial charge in [-0.15, -0.1) is 0 Å². The second-order valence-corrected chi connectivity index (χ2v) is 5.99. The smallest absolute Gasteiger partial charge is 0.345 e. The third-order valence-electron chi connectivity index (χ3n) is 3.85. The predicted octanol–water partition coefficient (Wildman–Crippen LogP) is 4.92. The molecule has 1 aromatic carbocycles. The Kier molecular flexibility index (Phi) is 10.4. The third kappa shape index (κ3) is 8.05. The van der Waals surface area contributed by atoms with Crippen molar-refractivity contribution < 1.29 is 23.8 Å². The van der Waals surface area contributed by atoms with Gasteiger partial charge in [0, 0.05) is 6.42 Å². The minimum Gasteiger partial charge on any atom is -0.493 e. The number of carbonyl (C=O) groups is 2. The molecule has 0 aliphatic carbocycles. The standard InChI is InChI=1S/C20H30O5/c1-4-6-8-9-10-11-19(21)25-20(22)16-12-13-17(18(15-16)23-3)24-14-7-5-2/h12-13,15H,4-11,14H2,1-3H3. The summed E-state index contributed by atoms with van der Waals surface area (Å²) in [6, 6.07) is 4.79. The molecule has 1 aromatic rings. The van der Waals surface area contributed by atoms with Gasteiger partial charge in [-0.2, -0.15) is 0 Å². The summed E-state index contributed by atoms with van der Waals surface area (Å²) >= 11 is 0. The van der Waals surface area contributed by atoms with E-state index < -0.39 is 11.9 Å². The molecule has 0 spiro atoms. The molecule has 1 rings (SSSR count). The molecule has 140 valence electrons. The van der Waals surface area contributed by atoms with Crippen molar-refractivity contribution in [3.05, 3.63) is 23.8 Å². The van der Waals surface area contributed by atoms with E-state index in [-0.39, 0.29) is 12.0 Å². The fourth-order valence-corrected chi connectivity index (χ4v) is 2.33. The monoisotopic (exact) mass is 350 g/mol. The van der Waals surface area contributed by atoms with Gasteiger partial charge in [-0.25, -0.2) is 4.79 Å². The Hall–Kier alpha value is -2.04. The van der Waals surface area contributed by atoms with Crippen molar-refractivity contribution in [3.8, 4) is 11.5 Å². The Labute approximate surface area is 150 Å². The lowest BCUT2D eigenvalue weighted by Crippen LogP contribution is -2.12. The van der Waals surface area contributed by atoms with Crippen LogP contribution in [0.1, 0.15) is 75.6 Å². The highest BCUT2D eigenvalue weighted by molar-refractivity contribution is 5.97. The lowest BCUT2D eigenvalue weighted by molar-refractivity contribution is -0.138. The van der Waals surface area contributed by atoms with Crippen LogP contribution < -0.4 is 9.47 Å². The molecule has 0 aliphatic heterocycles. The summed E-state index contributed by atoms with van der Waals surface area (Å²) in [5, 5.41) is 0. The first-order valence-corrected chi connectivity index (χ1v) is 9.18. The number of methoxy groups -OCH3 is 1. The summed E-state index contributed by atoms with van der Waals surface area (Å²) in [7, 11) is 1.51. The first kappa shape index (κ1) is 21.0. The predicted molar refractivity (Wildman–Crippen MR) is 97.2 cm³/mol. The summed E-state index contributed by atoms with van der Waals surface area (Å²) in [4.78, 5) is 23.8. The van der Waals surface area contributed by atoms with E-state index in [2.05, 4.69) is 13.8 Å². The number of benzene rings is 1. The Morgan fingerprint density at radius 3 is 2.32 bits per heavy atom. The van der Waals surface area contributed by atoms with Gasteiger partial charge in [0.05, 0.1) is 19.3 Å². The van der Waals surface area contributed by atoms with Crippen molar-refractivity contribution in [1.29, 1.82) is 0 Å². The van der Waals surface area contributed by atoms with Crippen LogP contribution in [0.4, 0.5) is 0 Å². The average molecular weight is 350 g/mol. The number of unbranched alkanes of at least 4 members (excludes halogenated alkanes) is 5. The van der Waals surface area contributed by atoms with Crippen molar-refractivity contribution in [2.45, 2.75) is 65.2 Å². The Morgan fingerprint density at radius 2 is 1.64 bits per heavy atom. The molecule has 0 amide bonds. The molecule has 25 heavy (non-hydrogen) atoms. The molecular formula is C20H30O5. The Balaban J connectivity index is 2.52. The molecule has 5 heteroatoms. The molecule has 0 bridgehead atoms. The van der Waals surface area contributed by atoms with Crippen LogP contribution in [-0.4, -0.2) is 25.7 Å². The van der Waals surface area contributed by atoms with Gasteiger partial charge in [0.25, 0.3) is 0 Å². The van der Waals surface area contributed by atoms with Gasteiger partial charge in [-0.05, 0) is 31.0 Å². The number of esters is 2. The van der Waals surface area contributed by atoms with Crippen molar-refractivity contribution in [2.75, 3.05) is 13.7 Å². The SMILES string of the molecule is CCCCCCCC(=O)OC(=O)c1ccc(OCCCC)c(OC)c1. The largest absolute Gasteiger partial charge is 0.493 e. The topological polar surface area (TPSA) is 61.8 Å². The van der Waals surface area contributed by atoms with Crippen LogP contribution in [0.2, 0.25) is 0 Å². The zero-order valence-electron chi connectivity index (χ0n) is 15.6. The van der Waals surface area contributed by atoms with Gasteiger partial charge in [0.15, 0.2) is 11.5 Å². The second-order valence-electron chi connectivity index (χ2n) is 5.99. The zero-order valence-corrected chi connectivity index (χ0v) is 15.6. The molecule has 0 aliphatic rings. The van der Waals surface area contributed by atoms with E-state index in [1.165, 1.54) is 19.6 Å². The van der Waals surface area contributed by atoms with Crippen LogP contribution >= 0.6 is 0 Å². The van der Waals surface area contributed by atoms with E-state index in [4.69, 9.17) is 14.2 Å². The van der Waals surface area contributed by atoms with Gasteiger partial charge < -0.3 is 14.2 Å². The summed E-state index contributed by atoms with van der Waals surface area (Å²) in [5.41, 5.74) is 0.277. The number of rotatable bonds is 12. The molecule has 0 saturated carbocycles. The molecule has 0 saturated heterocycles. The van der Waals surface area contributed by atoms with E-state index in [0.29, 0.717) is 18.1 Å². The molecule has 5 nitrogen and oxygen atoms in total. The highest BCUT2D eigenvalue weighted by Gasteiger charge is 2.15. The maximum atomic E-state index is 12.1. The van der Waals surface area contributed by atoms with E-state index in [1.54, 1.807) is 12.1 Å². The fourth-order valence-electron chi connectivity index (χ4n) is 2.33. The van der Waals surface area contributed by atoms with Crippen molar-refractivity contribution >= 4 is 11.9 Å². The number of ether oxygens (including phenoxy) is 3. The average Bonchev–Trinajstić information content (AvgIpc) is 2.61. The highest BCUT2D eigenvalue weighted by atomic mass is 16.6. The van der Waals surface area contributed by atoms with Gasteiger partial charge in [0.1, 0.15) is 0 Å². The van der Waals surface area contributed by atoms with E-state index in [1.807, 2.05) is 0 Å². The van der Waals surface area contributed by atoms with Crippen LogP contribution in [0.5, 0.6) is 11.5 Å². The van der Waals surface area contributed by atoms with Crippen molar-refractivity contribution in [1.82, 2.24) is 0 Å². The van der Waals surface area contributed by atoms with Crippen LogP contribution in [0.25, 0.3) is 0 Å². The van der Waals surface area contributed by atoms with Crippen LogP contribution in [0.15, 0.2) is 18.2 Å². The first-order chi connectivity index (χ1) is 12.1. The van der Waals surface area contributed by atoms with Gasteiger partial charge in [-0.3, -0.25) is 4.79 Å². The maximum Gasteiger partial charge on any atom is 0.345 e. The summed E-state index contributed by atoms with van der Waals surface area (Å²) in [6.07, 6.45) is 7.41. The van der Waals surface area contributed by atoms with Gasteiger partial charge >= 0.3 is 11.9 Å². The lowest BCUT2D eigenvalue weighted by atomic mass is 10.1. The molecular weight excluding hydrogens is 320 g/mol. The van der Waals surface area contributed by atoms with E-state index in [0.717, 1.165) is 38.5 Å². The minimum atomic E-state index is -0.656. The Morgan fingerprint density at radius 1 is 0.920 bits per heavy atom. The quantitative estimate of drug-likeness (QED) is 0.304. The molecule has 0 atom stereocenters. The van der Waals surface area contributed by atoms with Crippen molar-refractivity contribution in [2.24, 2.45) is 0 Å². The summed E-state index contributed by atoms with van der Waals surface area (Å²) in [6.45, 7) is 4.81. The zero-order chi connectivity index (χ0) is 18.5. The fraction of sp³-hybridized carbons (Fsp3) is 0.600. The summed E-state index contributed by atoms with van der Waals surface area (Å²) < 4.78 is 15.8. The number of hydrogen-bond acceptors (Lipinski definition) is 5. The minimum absolute atomic E-state index is 0.269. The molecule has 0 radical (unpaired) electrons. The number of hydrogen-bond donors (Lipinski definition) is 0. The number of carbonyl (C=O) groups excluding carboxylic acids is 2. The third-order valence-corrected chi connectivity index (χ3v) is 3.85. The highest BCUT2D eigenvalue weighted by Crippen LogP contribution is 2.28. The van der Waals surface area contributed by atoms with Crippen LogP contribution in [0, 0.1) is 0 Å². The molecule has 0 heterocycles. The second kappa shape index (κ2) is 12.3. The molecule has 0 fully saturated rings. The first-order valence-electron chi connectivity index (χ1n) is 9.18. The Bertz CT molecular complexity index is 539. The maximum absolute atomic E-state index is 12.1. The molecule has 0 unspecified atom stereocenters. The van der Waals surface area contributed by atoms with Crippen LogP contribution in [-0.2, 0) is 9.53 Å². The van der Waals surface area contributed by atoms with Gasteiger partial charge in [-0.1, -0.05) is 46.0 Å².